The fourth-order valence-corrected chi connectivity index (χ4v) is 2.08. The molecule has 0 unspecified atom stereocenters. The molecule has 0 bridgehead atoms. The third kappa shape index (κ3) is 5.86. The monoisotopic (exact) mass is 407 g/mol. The summed E-state index contributed by atoms with van der Waals surface area (Å²) in [6.45, 7) is 3.99. The lowest BCUT2D eigenvalue weighted by atomic mass is 10.2. The minimum absolute atomic E-state index is 0.282. The highest BCUT2D eigenvalue weighted by Gasteiger charge is 2.38. The van der Waals surface area contributed by atoms with Gasteiger partial charge in [0.2, 0.25) is 0 Å². The highest BCUT2D eigenvalue weighted by Crippen LogP contribution is 2.17. The Morgan fingerprint density at radius 1 is 1.10 bits per heavy atom. The van der Waals surface area contributed by atoms with E-state index in [4.69, 9.17) is 9.90 Å². The van der Waals surface area contributed by atoms with E-state index >= 15 is 0 Å². The molecule has 0 atom stereocenters. The fourth-order valence-electron chi connectivity index (χ4n) is 2.08. The van der Waals surface area contributed by atoms with E-state index in [1.54, 1.807) is 18.5 Å². The maximum absolute atomic E-state index is 12.0. The number of carboxylic acid groups (broad SMARTS) is 1. The molecule has 2 heterocycles. The first kappa shape index (κ1) is 21.5. The summed E-state index contributed by atoms with van der Waals surface area (Å²) in [5.74, 6) is -3.04. The molecule has 0 aliphatic heterocycles. The van der Waals surface area contributed by atoms with Gasteiger partial charge < -0.3 is 15.0 Å². The van der Waals surface area contributed by atoms with Gasteiger partial charge in [0.05, 0.1) is 12.0 Å². The molecule has 1 amide bonds. The number of nitrogens with one attached hydrogen (secondary N) is 1. The first-order valence-corrected chi connectivity index (χ1v) is 8.09. The molecule has 11 heteroatoms. The molecule has 29 heavy (non-hydrogen) atoms. The van der Waals surface area contributed by atoms with Crippen LogP contribution in [0.4, 0.5) is 18.9 Å². The van der Waals surface area contributed by atoms with E-state index < -0.39 is 12.1 Å². The minimum Gasteiger partial charge on any atom is -0.475 e. The van der Waals surface area contributed by atoms with Gasteiger partial charge in [0.1, 0.15) is 0 Å². The third-order valence-electron chi connectivity index (χ3n) is 3.70. The van der Waals surface area contributed by atoms with Crippen LogP contribution in [0.15, 0.2) is 48.9 Å². The lowest BCUT2D eigenvalue weighted by Gasteiger charge is -2.08. The van der Waals surface area contributed by atoms with Crippen LogP contribution in [0.2, 0.25) is 0 Å². The predicted molar refractivity (Wildman–Crippen MR) is 96.7 cm³/mol. The Balaban J connectivity index is 0.000000370. The number of aliphatic carboxylic acids is 1. The number of nitrogens with zero attached hydrogens (tertiary/aromatic N) is 4. The zero-order valence-electron chi connectivity index (χ0n) is 15.3. The van der Waals surface area contributed by atoms with Gasteiger partial charge in [-0.25, -0.2) is 9.78 Å². The number of halogens is 3. The molecule has 0 saturated heterocycles. The van der Waals surface area contributed by atoms with Crippen LogP contribution in [0, 0.1) is 13.8 Å². The number of amides is 1. The minimum atomic E-state index is -5.08. The summed E-state index contributed by atoms with van der Waals surface area (Å²) in [6, 6.07) is 10.8. The highest BCUT2D eigenvalue weighted by atomic mass is 19.4. The van der Waals surface area contributed by atoms with Crippen LogP contribution in [0.1, 0.15) is 21.9 Å². The number of aromatic nitrogens is 4. The summed E-state index contributed by atoms with van der Waals surface area (Å²) >= 11 is 0. The number of alkyl halides is 3. The largest absolute Gasteiger partial charge is 0.490 e. The Morgan fingerprint density at radius 2 is 1.72 bits per heavy atom. The predicted octanol–water partition coefficient (Wildman–Crippen LogP) is 3.16. The first-order chi connectivity index (χ1) is 13.6. The van der Waals surface area contributed by atoms with Gasteiger partial charge >= 0.3 is 12.1 Å². The van der Waals surface area contributed by atoms with Crippen molar-refractivity contribution >= 4 is 17.6 Å². The quantitative estimate of drug-likeness (QED) is 0.690. The van der Waals surface area contributed by atoms with Crippen molar-refractivity contribution in [1.29, 1.82) is 0 Å². The molecule has 0 radical (unpaired) electrons. The summed E-state index contributed by atoms with van der Waals surface area (Å²) in [5, 5.41) is 17.4. The SMILES string of the molecule is Cc1ncn(-c2ccc(NC(=O)c3cccnn3)cc2)c1C.O=C(O)C(F)(F)F. The van der Waals surface area contributed by atoms with Crippen LogP contribution < -0.4 is 5.32 Å². The van der Waals surface area contributed by atoms with E-state index in [2.05, 4.69) is 20.5 Å². The maximum atomic E-state index is 12.0. The van der Waals surface area contributed by atoms with E-state index in [0.29, 0.717) is 5.69 Å². The lowest BCUT2D eigenvalue weighted by molar-refractivity contribution is -0.192. The van der Waals surface area contributed by atoms with Crippen molar-refractivity contribution < 1.29 is 27.9 Å². The van der Waals surface area contributed by atoms with E-state index in [-0.39, 0.29) is 11.6 Å². The Kier molecular flexibility index (Phi) is 6.65. The second kappa shape index (κ2) is 8.95. The zero-order chi connectivity index (χ0) is 21.6. The van der Waals surface area contributed by atoms with Crippen molar-refractivity contribution in [2.45, 2.75) is 20.0 Å². The van der Waals surface area contributed by atoms with Crippen molar-refractivity contribution in [3.8, 4) is 5.69 Å². The molecule has 152 valence electrons. The zero-order valence-corrected chi connectivity index (χ0v) is 15.3. The second-order valence-electron chi connectivity index (χ2n) is 5.70. The molecule has 1 aromatic carbocycles. The summed E-state index contributed by atoms with van der Waals surface area (Å²) < 4.78 is 33.7. The van der Waals surface area contributed by atoms with Gasteiger partial charge in [-0.3, -0.25) is 4.79 Å². The Morgan fingerprint density at radius 3 is 2.17 bits per heavy atom. The van der Waals surface area contributed by atoms with Gasteiger partial charge in [-0.15, -0.1) is 5.10 Å². The van der Waals surface area contributed by atoms with Crippen molar-refractivity contribution in [2.24, 2.45) is 0 Å². The normalized spacial score (nSPS) is 10.7. The summed E-state index contributed by atoms with van der Waals surface area (Å²) in [4.78, 5) is 25.2. The lowest BCUT2D eigenvalue weighted by Crippen LogP contribution is -2.21. The molecule has 2 N–H and O–H groups in total. The molecule has 8 nitrogen and oxygen atoms in total. The van der Waals surface area contributed by atoms with Crippen molar-refractivity contribution in [3.63, 3.8) is 0 Å². The Labute approximate surface area is 163 Å². The number of aryl methyl sites for hydroxylation is 1. The Bertz CT molecular complexity index is 986. The molecular weight excluding hydrogens is 391 g/mol. The number of carboxylic acids is 1. The van der Waals surface area contributed by atoms with Gasteiger partial charge in [0, 0.05) is 23.3 Å². The first-order valence-electron chi connectivity index (χ1n) is 8.09. The molecule has 0 aliphatic rings. The van der Waals surface area contributed by atoms with Crippen LogP contribution in [-0.4, -0.2) is 42.9 Å². The van der Waals surface area contributed by atoms with Crippen LogP contribution in [0.5, 0.6) is 0 Å². The van der Waals surface area contributed by atoms with Gasteiger partial charge in [0.25, 0.3) is 5.91 Å². The number of imidazole rings is 1. The van der Waals surface area contributed by atoms with Gasteiger partial charge in [-0.05, 0) is 50.2 Å². The van der Waals surface area contributed by atoms with Crippen molar-refractivity contribution in [3.05, 3.63) is 66.0 Å². The van der Waals surface area contributed by atoms with Gasteiger partial charge in [-0.1, -0.05) is 0 Å². The third-order valence-corrected chi connectivity index (χ3v) is 3.70. The standard InChI is InChI=1S/C16H15N5O.C2HF3O2/c1-11-12(2)21(10-17-11)14-7-5-13(6-8-14)19-16(22)15-4-3-9-18-20-15;3-2(4,5)1(6)7/h3-10H,1-2H3,(H,19,22);(H,6,7). The van der Waals surface area contributed by atoms with Gasteiger partial charge in [-0.2, -0.15) is 18.3 Å². The Hall–Kier alpha value is -3.76. The molecule has 0 fully saturated rings. The number of hydrogen-bond donors (Lipinski definition) is 2. The molecule has 0 spiro atoms. The number of rotatable bonds is 3. The van der Waals surface area contributed by atoms with Gasteiger partial charge in [0.15, 0.2) is 5.69 Å². The number of hydrogen-bond acceptors (Lipinski definition) is 5. The second-order valence-corrected chi connectivity index (χ2v) is 5.70. The van der Waals surface area contributed by atoms with Crippen LogP contribution in [0.25, 0.3) is 5.69 Å². The highest BCUT2D eigenvalue weighted by molar-refractivity contribution is 6.02. The number of benzene rings is 1. The molecule has 0 saturated carbocycles. The van der Waals surface area contributed by atoms with Crippen LogP contribution in [-0.2, 0) is 4.79 Å². The van der Waals surface area contributed by atoms with Crippen molar-refractivity contribution in [2.75, 3.05) is 5.32 Å². The summed E-state index contributed by atoms with van der Waals surface area (Å²) in [7, 11) is 0. The number of carbonyl (C=O) groups excluding carboxylic acids is 1. The van der Waals surface area contributed by atoms with Crippen LogP contribution >= 0.6 is 0 Å². The van der Waals surface area contributed by atoms with E-state index in [1.165, 1.54) is 6.20 Å². The van der Waals surface area contributed by atoms with E-state index in [1.807, 2.05) is 42.7 Å². The number of anilines is 1. The van der Waals surface area contributed by atoms with E-state index in [0.717, 1.165) is 17.1 Å². The molecule has 3 rings (SSSR count). The maximum Gasteiger partial charge on any atom is 0.490 e. The number of carbonyl (C=O) groups is 2. The summed E-state index contributed by atoms with van der Waals surface area (Å²) in [6.07, 6.45) is -1.77. The fraction of sp³-hybridized carbons (Fsp3) is 0.167. The topological polar surface area (TPSA) is 110 Å². The van der Waals surface area contributed by atoms with Crippen LogP contribution in [0.3, 0.4) is 0 Å². The summed E-state index contributed by atoms with van der Waals surface area (Å²) in [5.41, 5.74) is 4.08. The molecular formula is C18H16F3N5O3. The van der Waals surface area contributed by atoms with E-state index in [9.17, 15) is 18.0 Å². The molecule has 2 aromatic heterocycles. The average molecular weight is 407 g/mol. The smallest absolute Gasteiger partial charge is 0.475 e. The molecule has 0 aliphatic carbocycles. The average Bonchev–Trinajstić information content (AvgIpc) is 3.02. The van der Waals surface area contributed by atoms with Crippen molar-refractivity contribution in [1.82, 2.24) is 19.7 Å². The molecule has 3 aromatic rings.